The van der Waals surface area contributed by atoms with Crippen molar-refractivity contribution in [1.82, 2.24) is 15.1 Å². The molecular formula is C45H53F2N5O4. The van der Waals surface area contributed by atoms with Gasteiger partial charge in [0.25, 0.3) is 5.91 Å². The highest BCUT2D eigenvalue weighted by atomic mass is 19.3. The number of carbonyl (C=O) groups excluding carboxylic acids is 3. The van der Waals surface area contributed by atoms with Crippen molar-refractivity contribution in [3.8, 4) is 5.75 Å². The summed E-state index contributed by atoms with van der Waals surface area (Å²) in [5.74, 6) is -1.62. The smallest absolute Gasteiger partial charge is 0.255 e. The summed E-state index contributed by atoms with van der Waals surface area (Å²) in [6.07, 6.45) is 5.91. The molecule has 4 fully saturated rings. The van der Waals surface area contributed by atoms with Crippen LogP contribution in [0.25, 0.3) is 0 Å². The highest BCUT2D eigenvalue weighted by Gasteiger charge is 2.43. The zero-order valence-electron chi connectivity index (χ0n) is 32.1. The maximum Gasteiger partial charge on any atom is 0.255 e. The van der Waals surface area contributed by atoms with Gasteiger partial charge in [-0.3, -0.25) is 24.6 Å². The van der Waals surface area contributed by atoms with Gasteiger partial charge in [-0.1, -0.05) is 18.2 Å². The van der Waals surface area contributed by atoms with Gasteiger partial charge in [-0.05, 0) is 127 Å². The summed E-state index contributed by atoms with van der Waals surface area (Å²) < 4.78 is 28.3. The van der Waals surface area contributed by atoms with Crippen molar-refractivity contribution in [2.24, 2.45) is 17.8 Å². The average molecular weight is 766 g/mol. The van der Waals surface area contributed by atoms with E-state index >= 15 is 0 Å². The summed E-state index contributed by atoms with van der Waals surface area (Å²) in [5.41, 5.74) is 7.62. The van der Waals surface area contributed by atoms with Gasteiger partial charge in [-0.15, -0.1) is 0 Å². The fraction of sp³-hybridized carbons (Fsp3) is 0.533. The number of alkyl halides is 2. The van der Waals surface area contributed by atoms with E-state index in [0.29, 0.717) is 43.2 Å². The number of imide groups is 1. The predicted molar refractivity (Wildman–Crippen MR) is 211 cm³/mol. The van der Waals surface area contributed by atoms with Crippen molar-refractivity contribution in [3.05, 3.63) is 88.5 Å². The molecule has 11 heteroatoms. The summed E-state index contributed by atoms with van der Waals surface area (Å²) in [6, 6.07) is 20.2. The Hall–Kier alpha value is -4.51. The van der Waals surface area contributed by atoms with Crippen LogP contribution in [-0.4, -0.2) is 90.4 Å². The molecule has 3 saturated heterocycles. The van der Waals surface area contributed by atoms with E-state index in [-0.39, 0.29) is 54.6 Å². The molecule has 0 aromatic heterocycles. The van der Waals surface area contributed by atoms with E-state index < -0.39 is 12.0 Å². The maximum atomic E-state index is 14.1. The van der Waals surface area contributed by atoms with Crippen LogP contribution in [0.15, 0.2) is 60.7 Å². The van der Waals surface area contributed by atoms with E-state index in [9.17, 15) is 28.3 Å². The van der Waals surface area contributed by atoms with Gasteiger partial charge in [0.05, 0.1) is 0 Å². The van der Waals surface area contributed by atoms with Crippen molar-refractivity contribution in [2.45, 2.75) is 88.6 Å². The topological polar surface area (TPSA) is 96.4 Å². The lowest BCUT2D eigenvalue weighted by Gasteiger charge is -2.42. The van der Waals surface area contributed by atoms with Crippen molar-refractivity contribution in [1.29, 1.82) is 0 Å². The van der Waals surface area contributed by atoms with E-state index in [1.165, 1.54) is 22.4 Å². The SMILES string of the molecule is O=C1CC[C@@H](N2Cc3cc(N4CCN(CC5CCN(c6ccc([C@H]7c8ccc(O)cc8CC[C@H]7C7CCC(F)(F)CC7)cc6)CC5)CC4)ccc3C2=O)C(=O)N1. The van der Waals surface area contributed by atoms with Gasteiger partial charge in [-0.25, -0.2) is 8.78 Å². The van der Waals surface area contributed by atoms with Crippen molar-refractivity contribution >= 4 is 29.1 Å². The molecule has 3 atom stereocenters. The maximum absolute atomic E-state index is 14.1. The Labute approximate surface area is 328 Å². The number of piperidine rings is 2. The second kappa shape index (κ2) is 15.1. The Morgan fingerprint density at radius 2 is 1.45 bits per heavy atom. The van der Waals surface area contributed by atoms with E-state index in [2.05, 4.69) is 56.4 Å². The third-order valence-corrected chi connectivity index (χ3v) is 14.0. The monoisotopic (exact) mass is 765 g/mol. The van der Waals surface area contributed by atoms with Crippen LogP contribution < -0.4 is 15.1 Å². The zero-order chi connectivity index (χ0) is 38.6. The number of amides is 3. The second-order valence-corrected chi connectivity index (χ2v) is 17.3. The number of nitrogens with one attached hydrogen (secondary N) is 1. The number of nitrogens with zero attached hydrogens (tertiary/aromatic N) is 4. The molecule has 0 unspecified atom stereocenters. The molecule has 296 valence electrons. The van der Waals surface area contributed by atoms with Crippen LogP contribution >= 0.6 is 0 Å². The molecule has 3 aromatic rings. The lowest BCUT2D eigenvalue weighted by molar-refractivity contribution is -0.136. The minimum absolute atomic E-state index is 0.0102. The molecule has 2 aliphatic carbocycles. The molecule has 0 spiro atoms. The number of halogens is 2. The van der Waals surface area contributed by atoms with E-state index in [0.717, 1.165) is 82.7 Å². The molecular weight excluding hydrogens is 713 g/mol. The fourth-order valence-electron chi connectivity index (χ4n) is 10.8. The number of carbonyl (C=O) groups is 3. The highest BCUT2D eigenvalue weighted by Crippen LogP contribution is 2.50. The van der Waals surface area contributed by atoms with Gasteiger partial charge in [-0.2, -0.15) is 0 Å². The van der Waals surface area contributed by atoms with Crippen LogP contribution in [0, 0.1) is 17.8 Å². The number of piperazine rings is 1. The number of rotatable bonds is 7. The predicted octanol–water partition coefficient (Wildman–Crippen LogP) is 6.71. The van der Waals surface area contributed by atoms with Gasteiger partial charge in [0.15, 0.2) is 0 Å². The number of fused-ring (bicyclic) bond motifs is 2. The molecule has 3 amide bonds. The normalized spacial score (nSPS) is 26.3. The molecule has 56 heavy (non-hydrogen) atoms. The molecule has 6 aliphatic rings. The Morgan fingerprint density at radius 1 is 0.732 bits per heavy atom. The second-order valence-electron chi connectivity index (χ2n) is 17.3. The van der Waals surface area contributed by atoms with Crippen LogP contribution in [0.4, 0.5) is 20.2 Å². The number of aromatic hydroxyl groups is 1. The summed E-state index contributed by atoms with van der Waals surface area (Å²) >= 11 is 0. The molecule has 4 aliphatic heterocycles. The molecule has 9 nitrogen and oxygen atoms in total. The van der Waals surface area contributed by atoms with Crippen molar-refractivity contribution in [3.63, 3.8) is 0 Å². The number of anilines is 2. The van der Waals surface area contributed by atoms with Gasteiger partial charge >= 0.3 is 0 Å². The first kappa shape index (κ1) is 37.1. The van der Waals surface area contributed by atoms with Crippen LogP contribution in [0.2, 0.25) is 0 Å². The van der Waals surface area contributed by atoms with Crippen molar-refractivity contribution in [2.75, 3.05) is 55.6 Å². The Bertz CT molecular complexity index is 1960. The first-order valence-corrected chi connectivity index (χ1v) is 20.9. The van der Waals surface area contributed by atoms with E-state index in [1.807, 2.05) is 18.2 Å². The number of phenols is 1. The Kier molecular flexibility index (Phi) is 10.0. The molecule has 9 rings (SSSR count). The summed E-state index contributed by atoms with van der Waals surface area (Å²) in [5, 5.41) is 12.6. The minimum atomic E-state index is -2.53. The largest absolute Gasteiger partial charge is 0.508 e. The standard InChI is InChI=1S/C45H53F2N5O4/c46-45(47)17-13-30(14-18-45)37-8-3-32-26-36(53)7-10-38(32)42(37)31-1-4-34(5-2-31)50-19-15-29(16-20-50)27-49-21-23-51(24-22-49)35-6-9-39-33(25-35)28-52(44(39)56)40-11-12-41(54)48-43(40)55/h1-2,4-7,9-10,25-26,29-30,37,40,42,53H,3,8,11-24,27-28H2,(H,48,54,55)/t37-,40+,42+/m0/s1. The van der Waals surface area contributed by atoms with Gasteiger partial charge in [0, 0.05) is 94.5 Å². The first-order chi connectivity index (χ1) is 27.1. The van der Waals surface area contributed by atoms with Crippen molar-refractivity contribution < 1.29 is 28.3 Å². The highest BCUT2D eigenvalue weighted by molar-refractivity contribution is 6.05. The zero-order valence-corrected chi connectivity index (χ0v) is 32.1. The van der Waals surface area contributed by atoms with Crippen LogP contribution in [0.5, 0.6) is 5.75 Å². The molecule has 1 saturated carbocycles. The number of phenolic OH excluding ortho intramolecular Hbond substituents is 1. The lowest BCUT2D eigenvalue weighted by atomic mass is 9.64. The van der Waals surface area contributed by atoms with E-state index in [4.69, 9.17) is 0 Å². The fourth-order valence-corrected chi connectivity index (χ4v) is 10.8. The minimum Gasteiger partial charge on any atom is -0.508 e. The lowest BCUT2D eigenvalue weighted by Crippen LogP contribution is -2.52. The Balaban J connectivity index is 0.776. The number of benzene rings is 3. The van der Waals surface area contributed by atoms with Crippen LogP contribution in [-0.2, 0) is 22.6 Å². The van der Waals surface area contributed by atoms with Crippen LogP contribution in [0.3, 0.4) is 0 Å². The number of hydrogen-bond donors (Lipinski definition) is 2. The summed E-state index contributed by atoms with van der Waals surface area (Å²) in [4.78, 5) is 46.4. The molecule has 2 N–H and O–H groups in total. The van der Waals surface area contributed by atoms with Gasteiger partial charge in [0.1, 0.15) is 11.8 Å². The van der Waals surface area contributed by atoms with Gasteiger partial charge in [0.2, 0.25) is 17.7 Å². The molecule has 0 bridgehead atoms. The quantitative estimate of drug-likeness (QED) is 0.258. The Morgan fingerprint density at radius 3 is 2.18 bits per heavy atom. The summed E-state index contributed by atoms with van der Waals surface area (Å²) in [6.45, 7) is 7.39. The number of hydrogen-bond acceptors (Lipinski definition) is 7. The number of aryl methyl sites for hydroxylation is 1. The molecule has 4 heterocycles. The van der Waals surface area contributed by atoms with E-state index in [1.54, 1.807) is 11.0 Å². The average Bonchev–Trinajstić information content (AvgIpc) is 3.53. The molecule has 3 aromatic carbocycles. The van der Waals surface area contributed by atoms with Crippen LogP contribution in [0.1, 0.15) is 96.3 Å². The third kappa shape index (κ3) is 7.39. The third-order valence-electron chi connectivity index (χ3n) is 14.0. The summed E-state index contributed by atoms with van der Waals surface area (Å²) in [7, 11) is 0. The van der Waals surface area contributed by atoms with Gasteiger partial charge < -0.3 is 19.8 Å². The first-order valence-electron chi connectivity index (χ1n) is 20.9. The molecule has 0 radical (unpaired) electrons.